The molecule has 0 saturated carbocycles. The van der Waals surface area contributed by atoms with E-state index in [0.717, 1.165) is 24.2 Å². The van der Waals surface area contributed by atoms with Crippen molar-refractivity contribution in [3.63, 3.8) is 0 Å². The van der Waals surface area contributed by atoms with Crippen LogP contribution in [0.15, 0.2) is 72.8 Å². The van der Waals surface area contributed by atoms with Gasteiger partial charge in [0.25, 0.3) is 0 Å². The quantitative estimate of drug-likeness (QED) is 0.467. The Morgan fingerprint density at radius 3 is 2.08 bits per heavy atom. The van der Waals surface area contributed by atoms with Crippen molar-refractivity contribution in [2.45, 2.75) is 69.2 Å². The Labute approximate surface area is 212 Å². The van der Waals surface area contributed by atoms with Crippen LogP contribution < -0.4 is 4.74 Å². The van der Waals surface area contributed by atoms with Gasteiger partial charge < -0.3 is 19.5 Å². The fourth-order valence-corrected chi connectivity index (χ4v) is 6.62. The highest BCUT2D eigenvalue weighted by molar-refractivity contribution is 5.79. The lowest BCUT2D eigenvalue weighted by atomic mass is 9.80. The minimum atomic E-state index is -1.02. The monoisotopic (exact) mass is 483 g/mol. The fourth-order valence-electron chi connectivity index (χ4n) is 6.62. The first-order chi connectivity index (χ1) is 17.4. The molecule has 1 N–H and O–H groups in total. The second-order valence-electron chi connectivity index (χ2n) is 10.7. The number of benzene rings is 3. The molecule has 3 aromatic carbocycles. The number of nitrogens with zero attached hydrogens (tertiary/aromatic N) is 1. The lowest BCUT2D eigenvalue weighted by Crippen LogP contribution is -2.52. The second kappa shape index (κ2) is 8.97. The highest BCUT2D eigenvalue weighted by Gasteiger charge is 2.51. The molecule has 0 aromatic heterocycles. The molecule has 2 bridgehead atoms. The van der Waals surface area contributed by atoms with Gasteiger partial charge in [0.2, 0.25) is 0 Å². The molecular formula is C31H33NO4. The Bertz CT molecular complexity index is 1230. The van der Waals surface area contributed by atoms with E-state index >= 15 is 0 Å². The molecule has 5 heteroatoms. The molecular weight excluding hydrogens is 450 g/mol. The zero-order chi connectivity index (χ0) is 24.9. The van der Waals surface area contributed by atoms with Crippen LogP contribution in [0.1, 0.15) is 62.1 Å². The minimum absolute atomic E-state index is 0.0207. The van der Waals surface area contributed by atoms with Crippen LogP contribution in [0.25, 0.3) is 11.1 Å². The van der Waals surface area contributed by atoms with Crippen LogP contribution in [0.3, 0.4) is 0 Å². The Hall–Kier alpha value is -3.31. The van der Waals surface area contributed by atoms with Crippen LogP contribution in [-0.4, -0.2) is 40.9 Å². The fraction of sp³-hybridized carbons (Fsp3) is 0.387. The average molecular weight is 484 g/mol. The summed E-state index contributed by atoms with van der Waals surface area (Å²) in [6.45, 7) is 4.30. The smallest absolute Gasteiger partial charge is 0.410 e. The number of hydrogen-bond acceptors (Lipinski definition) is 4. The van der Waals surface area contributed by atoms with Gasteiger partial charge in [0.05, 0.1) is 11.7 Å². The summed E-state index contributed by atoms with van der Waals surface area (Å²) in [7, 11) is 0. The van der Waals surface area contributed by atoms with Crippen LogP contribution >= 0.6 is 0 Å². The van der Waals surface area contributed by atoms with Crippen LogP contribution in [-0.2, 0) is 10.3 Å². The van der Waals surface area contributed by atoms with E-state index in [2.05, 4.69) is 36.4 Å². The number of aliphatic hydroxyl groups is 1. The van der Waals surface area contributed by atoms with Crippen LogP contribution in [0.4, 0.5) is 4.79 Å². The van der Waals surface area contributed by atoms with Gasteiger partial charge in [-0.05, 0) is 55.0 Å². The lowest BCUT2D eigenvalue weighted by molar-refractivity contribution is -0.0547. The standard InChI is InChI=1S/C31H33NO4/c1-20(2)36-29-14-8-7-13-28(29)31(34)17-21-15-16-22(18-31)32(21)30(33)35-19-27-25-11-5-3-9-23(25)24-10-4-6-12-26(24)27/h3-14,20-22,27,34H,15-19H2,1-2H3. The average Bonchev–Trinajstić information content (AvgIpc) is 3.34. The summed E-state index contributed by atoms with van der Waals surface area (Å²) in [5, 5.41) is 11.8. The van der Waals surface area contributed by atoms with Crippen molar-refractivity contribution in [1.29, 1.82) is 0 Å². The number of fused-ring (bicyclic) bond motifs is 5. The maximum Gasteiger partial charge on any atom is 0.410 e. The van der Waals surface area contributed by atoms with E-state index in [-0.39, 0.29) is 30.2 Å². The number of piperidine rings is 1. The minimum Gasteiger partial charge on any atom is -0.491 e. The zero-order valence-corrected chi connectivity index (χ0v) is 20.9. The summed E-state index contributed by atoms with van der Waals surface area (Å²) in [4.78, 5) is 15.3. The molecule has 2 atom stereocenters. The zero-order valence-electron chi connectivity index (χ0n) is 20.9. The predicted octanol–water partition coefficient (Wildman–Crippen LogP) is 6.24. The SMILES string of the molecule is CC(C)Oc1ccccc1C1(O)CC2CCC(C1)N2C(=O)OCC1c2ccccc2-c2ccccc21. The molecule has 186 valence electrons. The van der Waals surface area contributed by atoms with Crippen molar-refractivity contribution < 1.29 is 19.4 Å². The van der Waals surface area contributed by atoms with Crippen molar-refractivity contribution in [3.8, 4) is 16.9 Å². The summed E-state index contributed by atoms with van der Waals surface area (Å²) >= 11 is 0. The molecule has 0 radical (unpaired) electrons. The summed E-state index contributed by atoms with van der Waals surface area (Å²) in [5.41, 5.74) is 4.67. The van der Waals surface area contributed by atoms with E-state index in [9.17, 15) is 9.90 Å². The van der Waals surface area contributed by atoms with Gasteiger partial charge in [-0.2, -0.15) is 0 Å². The van der Waals surface area contributed by atoms with Crippen LogP contribution in [0.2, 0.25) is 0 Å². The molecule has 3 aromatic rings. The first kappa shape index (κ1) is 23.1. The Kier molecular flexibility index (Phi) is 5.76. The highest BCUT2D eigenvalue weighted by atomic mass is 16.6. The number of ether oxygens (including phenoxy) is 2. The maximum atomic E-state index is 13.4. The highest BCUT2D eigenvalue weighted by Crippen LogP contribution is 2.49. The molecule has 2 fully saturated rings. The van der Waals surface area contributed by atoms with Crippen molar-refractivity contribution in [2.24, 2.45) is 0 Å². The summed E-state index contributed by atoms with van der Waals surface area (Å²) < 4.78 is 12.0. The third-order valence-electron chi connectivity index (χ3n) is 8.06. The topological polar surface area (TPSA) is 59.0 Å². The van der Waals surface area contributed by atoms with Crippen molar-refractivity contribution in [3.05, 3.63) is 89.5 Å². The molecule has 6 rings (SSSR count). The van der Waals surface area contributed by atoms with Gasteiger partial charge in [-0.1, -0.05) is 66.7 Å². The largest absolute Gasteiger partial charge is 0.491 e. The number of amides is 1. The molecule has 2 aliphatic heterocycles. The van der Waals surface area contributed by atoms with E-state index in [1.807, 2.05) is 55.1 Å². The summed E-state index contributed by atoms with van der Waals surface area (Å²) in [5.74, 6) is 0.768. The number of hydrogen-bond donors (Lipinski definition) is 1. The summed E-state index contributed by atoms with van der Waals surface area (Å²) in [6.07, 6.45) is 2.50. The number of carbonyl (C=O) groups is 1. The number of rotatable bonds is 5. The number of carbonyl (C=O) groups excluding carboxylic acids is 1. The first-order valence-corrected chi connectivity index (χ1v) is 13.1. The maximum absolute atomic E-state index is 13.4. The van der Waals surface area contributed by atoms with Crippen LogP contribution in [0.5, 0.6) is 5.75 Å². The van der Waals surface area contributed by atoms with E-state index in [1.165, 1.54) is 22.3 Å². The van der Waals surface area contributed by atoms with Crippen molar-refractivity contribution in [2.75, 3.05) is 6.61 Å². The van der Waals surface area contributed by atoms with E-state index in [0.29, 0.717) is 19.4 Å². The Morgan fingerprint density at radius 1 is 0.917 bits per heavy atom. The van der Waals surface area contributed by atoms with Gasteiger partial charge >= 0.3 is 6.09 Å². The third-order valence-corrected chi connectivity index (χ3v) is 8.06. The molecule has 0 spiro atoms. The number of para-hydroxylation sites is 1. The Balaban J connectivity index is 1.19. The van der Waals surface area contributed by atoms with E-state index < -0.39 is 5.60 Å². The molecule has 1 amide bonds. The molecule has 1 aliphatic carbocycles. The molecule has 3 aliphatic rings. The van der Waals surface area contributed by atoms with Gasteiger partial charge in [0.1, 0.15) is 12.4 Å². The first-order valence-electron chi connectivity index (χ1n) is 13.1. The Morgan fingerprint density at radius 2 is 1.47 bits per heavy atom. The molecule has 2 unspecified atom stereocenters. The van der Waals surface area contributed by atoms with Gasteiger partial charge in [-0.3, -0.25) is 0 Å². The molecule has 36 heavy (non-hydrogen) atoms. The van der Waals surface area contributed by atoms with Gasteiger partial charge in [-0.15, -0.1) is 0 Å². The van der Waals surface area contributed by atoms with Gasteiger partial charge in [-0.25, -0.2) is 4.79 Å². The van der Waals surface area contributed by atoms with Crippen molar-refractivity contribution >= 4 is 6.09 Å². The predicted molar refractivity (Wildman–Crippen MR) is 139 cm³/mol. The summed E-state index contributed by atoms with van der Waals surface area (Å²) in [6, 6.07) is 24.4. The third kappa shape index (κ3) is 3.86. The normalized spacial score (nSPS) is 24.5. The van der Waals surface area contributed by atoms with Crippen LogP contribution in [0, 0.1) is 0 Å². The molecule has 2 heterocycles. The molecule has 2 saturated heterocycles. The van der Waals surface area contributed by atoms with E-state index in [1.54, 1.807) is 0 Å². The van der Waals surface area contributed by atoms with Crippen molar-refractivity contribution in [1.82, 2.24) is 4.90 Å². The lowest BCUT2D eigenvalue weighted by Gasteiger charge is -2.44. The molecule has 5 nitrogen and oxygen atoms in total. The van der Waals surface area contributed by atoms with Gasteiger partial charge in [0, 0.05) is 36.4 Å². The van der Waals surface area contributed by atoms with Gasteiger partial charge in [0.15, 0.2) is 0 Å². The second-order valence-corrected chi connectivity index (χ2v) is 10.7. The van der Waals surface area contributed by atoms with E-state index in [4.69, 9.17) is 9.47 Å².